The fourth-order valence-electron chi connectivity index (χ4n) is 6.81. The first-order valence-corrected chi connectivity index (χ1v) is 15.5. The predicted molar refractivity (Wildman–Crippen MR) is 156 cm³/mol. The first-order chi connectivity index (χ1) is 23.4. The van der Waals surface area contributed by atoms with E-state index in [0.717, 1.165) is 4.88 Å². The van der Waals surface area contributed by atoms with E-state index in [2.05, 4.69) is 0 Å². The Morgan fingerprint density at radius 3 is 2.41 bits per heavy atom. The number of hydrogen-bond acceptors (Lipinski definition) is 14. The van der Waals surface area contributed by atoms with Crippen molar-refractivity contribution >= 4 is 17.3 Å². The van der Waals surface area contributed by atoms with Gasteiger partial charge in [0.15, 0.2) is 35.6 Å². The Hall–Kier alpha value is -3.63. The van der Waals surface area contributed by atoms with Crippen LogP contribution in [0.5, 0.6) is 28.7 Å². The van der Waals surface area contributed by atoms with Crippen LogP contribution in [0.4, 0.5) is 0 Å². The fourth-order valence-corrected chi connectivity index (χ4v) is 7.51. The Morgan fingerprint density at radius 1 is 0.978 bits per heavy atom. The summed E-state index contributed by atoms with van der Waals surface area (Å²) >= 11 is 1.42. The fraction of sp³-hybridized carbons (Fsp3) is 0.469. The maximum atomic E-state index is 13.6. The Labute approximate surface area is 271 Å². The quantitative estimate of drug-likeness (QED) is 0.332. The normalized spacial score (nSPS) is 38.0. The largest absolute Gasteiger partial charge is 0.502 e. The average molecular weight is 660 g/mol. The molecule has 1 aliphatic carbocycles. The third-order valence-corrected chi connectivity index (χ3v) is 9.89. The number of hydrogen-bond donors (Lipinski definition) is 3. The van der Waals surface area contributed by atoms with E-state index in [4.69, 9.17) is 45.4 Å². The van der Waals surface area contributed by atoms with Gasteiger partial charge >= 0.3 is 5.97 Å². The minimum absolute atomic E-state index is 0.0126. The lowest BCUT2D eigenvalue weighted by atomic mass is 9.66. The van der Waals surface area contributed by atoms with Crippen LogP contribution >= 0.6 is 11.3 Å². The van der Waals surface area contributed by atoms with Gasteiger partial charge in [0.05, 0.1) is 44.3 Å². The lowest BCUT2D eigenvalue weighted by Gasteiger charge is -2.48. The van der Waals surface area contributed by atoms with Gasteiger partial charge in [-0.15, -0.1) is 11.3 Å². The van der Waals surface area contributed by atoms with Crippen molar-refractivity contribution in [1.29, 1.82) is 0 Å². The highest BCUT2D eigenvalue weighted by Gasteiger charge is 2.56. The van der Waals surface area contributed by atoms with E-state index in [9.17, 15) is 21.5 Å². The molecular weight excluding hydrogens is 624 g/mol. The molecule has 8 rings (SSSR count). The van der Waals surface area contributed by atoms with E-state index in [1.807, 2.05) is 17.5 Å². The summed E-state index contributed by atoms with van der Waals surface area (Å²) in [5, 5.41) is 35.1. The summed E-state index contributed by atoms with van der Waals surface area (Å²) in [4.78, 5) is 14.4. The zero-order chi connectivity index (χ0) is 34.4. The molecule has 0 radical (unpaired) electrons. The van der Waals surface area contributed by atoms with E-state index in [0.29, 0.717) is 5.56 Å². The number of aliphatic hydroxyl groups excluding tert-OH is 2. The Kier molecular flexibility index (Phi) is 6.64. The molecule has 4 aliphatic heterocycles. The van der Waals surface area contributed by atoms with Crippen molar-refractivity contribution in [2.24, 2.45) is 11.8 Å². The Morgan fingerprint density at radius 2 is 1.72 bits per heavy atom. The second-order valence-corrected chi connectivity index (χ2v) is 12.4. The van der Waals surface area contributed by atoms with Crippen molar-refractivity contribution < 1.29 is 66.9 Å². The number of thiophene rings is 1. The number of fused-ring (bicyclic) bond motifs is 4. The first kappa shape index (κ1) is 26.4. The van der Waals surface area contributed by atoms with Crippen LogP contribution in [0.15, 0.2) is 41.8 Å². The molecule has 46 heavy (non-hydrogen) atoms. The number of ether oxygens (including phenoxy) is 9. The minimum atomic E-state index is -2.52. The van der Waals surface area contributed by atoms with Crippen LogP contribution in [0, 0.1) is 11.8 Å². The van der Waals surface area contributed by atoms with Crippen molar-refractivity contribution in [3.63, 3.8) is 0 Å². The van der Waals surface area contributed by atoms with Crippen molar-refractivity contribution in [1.82, 2.24) is 0 Å². The molecule has 2 aromatic carbocycles. The molecule has 13 nitrogen and oxygen atoms in total. The van der Waals surface area contributed by atoms with Crippen LogP contribution in [0.1, 0.15) is 44.0 Å². The van der Waals surface area contributed by atoms with Gasteiger partial charge in [-0.25, -0.2) is 0 Å². The lowest BCUT2D eigenvalue weighted by Crippen LogP contribution is -2.62. The van der Waals surface area contributed by atoms with E-state index in [-0.39, 0.29) is 53.1 Å². The van der Waals surface area contributed by atoms with Gasteiger partial charge in [-0.05, 0) is 52.4 Å². The number of phenolic OH excluding ortho intramolecular Hbond substituents is 1. The molecule has 0 amide bonds. The highest BCUT2D eigenvalue weighted by Crippen LogP contribution is 2.57. The Bertz CT molecular complexity index is 1750. The molecule has 3 fully saturated rings. The number of carbonyl (C=O) groups is 1. The SMILES string of the molecule is [2H]C1([2H])Oc2cc3c(cc2O1)[C@@]([2H])(c1cc(OC)c(O)c(OC)c1)[C@H]1C(=O)OC[C@@H]1[C@@H]3O[C@@H]1O[C@@H]2CO[C@@H](c3cccs3)O[C@H]2[C@H](O)C1O. The summed E-state index contributed by atoms with van der Waals surface area (Å²) in [6, 6.07) is 9.38. The van der Waals surface area contributed by atoms with Gasteiger partial charge in [0.2, 0.25) is 12.5 Å². The van der Waals surface area contributed by atoms with E-state index in [1.54, 1.807) is 0 Å². The van der Waals surface area contributed by atoms with Crippen LogP contribution < -0.4 is 18.9 Å². The summed E-state index contributed by atoms with van der Waals surface area (Å²) in [6.45, 7) is -2.67. The zero-order valence-electron chi connectivity index (χ0n) is 27.5. The van der Waals surface area contributed by atoms with Gasteiger partial charge in [-0.3, -0.25) is 4.79 Å². The summed E-state index contributed by atoms with van der Waals surface area (Å²) in [7, 11) is 2.67. The van der Waals surface area contributed by atoms with Crippen LogP contribution in [-0.2, 0) is 28.5 Å². The third-order valence-electron chi connectivity index (χ3n) is 9.00. The number of aliphatic hydroxyl groups is 2. The zero-order valence-corrected chi connectivity index (χ0v) is 25.3. The second kappa shape index (κ2) is 11.6. The molecule has 3 aromatic rings. The standard InChI is InChI=1S/C32H32O13S/c1-37-19-6-13(7-20(38-2)25(19)33)23-14-8-17-18(42-12-41-17)9-15(14)28(16-10-39-30(36)24(16)23)44-32-27(35)26(34)29-21(43-32)11-40-31(45-29)22-4-3-5-46-22/h3-9,16,21,23-24,26-29,31-35H,10-12H2,1-2H3/t16-,21+,23+,24-,26+,27?,28+,29+,31+,32-/m0/s1/i12D2,23D. The molecule has 3 saturated heterocycles. The van der Waals surface area contributed by atoms with Gasteiger partial charge in [0.25, 0.3) is 0 Å². The van der Waals surface area contributed by atoms with Gasteiger partial charge in [-0.1, -0.05) is 6.07 Å². The van der Waals surface area contributed by atoms with E-state index < -0.39 is 73.5 Å². The summed E-state index contributed by atoms with van der Waals surface area (Å²) in [5.41, 5.74) is 0.652. The number of methoxy groups -OCH3 is 2. The molecule has 5 aliphatic rings. The molecule has 0 spiro atoms. The summed E-state index contributed by atoms with van der Waals surface area (Å²) < 4.78 is 77.7. The second-order valence-electron chi connectivity index (χ2n) is 11.5. The van der Waals surface area contributed by atoms with Crippen molar-refractivity contribution in [2.75, 3.05) is 34.2 Å². The highest BCUT2D eigenvalue weighted by atomic mass is 32.1. The van der Waals surface area contributed by atoms with Gasteiger partial charge in [-0.2, -0.15) is 0 Å². The number of phenols is 1. The van der Waals surface area contributed by atoms with Crippen molar-refractivity contribution in [3.8, 4) is 28.7 Å². The number of rotatable bonds is 6. The summed E-state index contributed by atoms with van der Waals surface area (Å²) in [5.74, 6) is -5.08. The van der Waals surface area contributed by atoms with E-state index in [1.165, 1.54) is 49.8 Å². The summed E-state index contributed by atoms with van der Waals surface area (Å²) in [6.07, 6.45) is -8.08. The molecule has 5 heterocycles. The molecule has 10 atom stereocenters. The molecule has 1 aromatic heterocycles. The van der Waals surface area contributed by atoms with Crippen LogP contribution in [-0.4, -0.2) is 86.2 Å². The molecule has 0 bridgehead atoms. The maximum absolute atomic E-state index is 13.6. The van der Waals surface area contributed by atoms with Crippen molar-refractivity contribution in [3.05, 3.63) is 63.3 Å². The third kappa shape index (κ3) is 4.70. The number of carbonyl (C=O) groups excluding carboxylic acids is 1. The van der Waals surface area contributed by atoms with Gasteiger partial charge in [0.1, 0.15) is 27.2 Å². The molecule has 244 valence electrons. The van der Waals surface area contributed by atoms with Crippen LogP contribution in [0.2, 0.25) is 0 Å². The highest BCUT2D eigenvalue weighted by molar-refractivity contribution is 7.10. The average Bonchev–Trinajstić information content (AvgIpc) is 3.83. The van der Waals surface area contributed by atoms with Gasteiger partial charge < -0.3 is 58.0 Å². The number of cyclic esters (lactones) is 1. The van der Waals surface area contributed by atoms with Crippen LogP contribution in [0.25, 0.3) is 0 Å². The van der Waals surface area contributed by atoms with Crippen LogP contribution in [0.3, 0.4) is 0 Å². The smallest absolute Gasteiger partial charge is 0.310 e. The first-order valence-electron chi connectivity index (χ1n) is 16.1. The maximum Gasteiger partial charge on any atom is 0.310 e. The van der Waals surface area contributed by atoms with Gasteiger partial charge in [0, 0.05) is 13.2 Å². The monoisotopic (exact) mass is 659 g/mol. The van der Waals surface area contributed by atoms with E-state index >= 15 is 0 Å². The topological polar surface area (TPSA) is 161 Å². The molecule has 1 unspecified atom stereocenters. The molecule has 3 N–H and O–H groups in total. The molecule has 0 saturated carbocycles. The predicted octanol–water partition coefficient (Wildman–Crippen LogP) is 2.75. The van der Waals surface area contributed by atoms with Crippen molar-refractivity contribution in [2.45, 2.75) is 49.0 Å². The number of benzene rings is 2. The number of aromatic hydroxyl groups is 1. The Balaban J connectivity index is 1.20. The number of esters is 1. The molecular formula is C32H32O13S. The lowest BCUT2D eigenvalue weighted by molar-refractivity contribution is -0.368. The molecule has 14 heteroatoms. The minimum Gasteiger partial charge on any atom is -0.502 e.